The van der Waals surface area contributed by atoms with E-state index in [1.807, 2.05) is 29.6 Å². The fraction of sp³-hybridized carbons (Fsp3) is 0.483. The molecule has 5 aliphatic rings. The summed E-state index contributed by atoms with van der Waals surface area (Å²) >= 11 is 1.63. The molecule has 1 spiro atoms. The summed E-state index contributed by atoms with van der Waals surface area (Å²) in [4.78, 5) is 15.9. The Morgan fingerprint density at radius 1 is 1.16 bits per heavy atom. The van der Waals surface area contributed by atoms with Gasteiger partial charge in [0.15, 0.2) is 11.5 Å². The smallest absolute Gasteiger partial charge is 0.251 e. The standard InChI is InChI=1S/C29H30N2O4S.ClH/c32-21-6-5-18-14-23-29(34)9-7-20(30-27(33)19-4-3-17-8-12-36-22(17)13-19)26-28(29,24(18)25(21)35-26)10-11-31(23)15-16-1-2-16;/h3-6,8,12-13,16,20,23,26,32,34H,1-2,7,9-11,14-15H2,(H,30,33);1H/t20-,23+,26-,28-,29+;/m0./s1. The second-order valence-electron chi connectivity index (χ2n) is 11.6. The molecule has 2 bridgehead atoms. The zero-order valence-corrected chi connectivity index (χ0v) is 22.1. The Bertz CT molecular complexity index is 1420. The Morgan fingerprint density at radius 2 is 2.03 bits per heavy atom. The molecule has 3 aliphatic carbocycles. The number of carbonyl (C=O) groups excluding carboxylic acids is 1. The van der Waals surface area contributed by atoms with Gasteiger partial charge in [0.1, 0.15) is 6.10 Å². The highest BCUT2D eigenvalue weighted by Crippen LogP contribution is 2.65. The molecule has 2 aromatic carbocycles. The Hall–Kier alpha value is -2.32. The van der Waals surface area contributed by atoms with Crippen LogP contribution in [0.15, 0.2) is 41.8 Å². The van der Waals surface area contributed by atoms with Crippen LogP contribution in [0.5, 0.6) is 11.5 Å². The topological polar surface area (TPSA) is 82.0 Å². The van der Waals surface area contributed by atoms with Gasteiger partial charge in [0.05, 0.1) is 17.1 Å². The first kappa shape index (κ1) is 23.8. The molecular formula is C29H31ClN2O4S. The van der Waals surface area contributed by atoms with Crippen LogP contribution in [-0.4, -0.2) is 57.9 Å². The van der Waals surface area contributed by atoms with E-state index in [0.717, 1.165) is 47.5 Å². The van der Waals surface area contributed by atoms with Crippen LogP contribution < -0.4 is 10.1 Å². The lowest BCUT2D eigenvalue weighted by atomic mass is 9.48. The first-order valence-electron chi connectivity index (χ1n) is 13.2. The van der Waals surface area contributed by atoms with Gasteiger partial charge in [-0.1, -0.05) is 12.1 Å². The number of aromatic hydroxyl groups is 1. The molecule has 0 unspecified atom stereocenters. The van der Waals surface area contributed by atoms with Crippen LogP contribution in [0.25, 0.3) is 10.1 Å². The van der Waals surface area contributed by atoms with Crippen molar-refractivity contribution in [2.24, 2.45) is 5.92 Å². The number of fused-ring (bicyclic) bond motifs is 1. The van der Waals surface area contributed by atoms with Crippen molar-refractivity contribution in [3.05, 3.63) is 58.5 Å². The maximum absolute atomic E-state index is 13.4. The highest BCUT2D eigenvalue weighted by atomic mass is 35.5. The van der Waals surface area contributed by atoms with E-state index in [1.54, 1.807) is 17.4 Å². The van der Waals surface area contributed by atoms with Crippen LogP contribution in [0, 0.1) is 5.92 Å². The third kappa shape index (κ3) is 3.14. The number of amides is 1. The van der Waals surface area contributed by atoms with Crippen molar-refractivity contribution in [3.8, 4) is 11.5 Å². The van der Waals surface area contributed by atoms with Gasteiger partial charge in [-0.15, -0.1) is 23.7 Å². The molecule has 1 aromatic heterocycles. The van der Waals surface area contributed by atoms with Crippen LogP contribution >= 0.6 is 23.7 Å². The highest BCUT2D eigenvalue weighted by Gasteiger charge is 2.73. The molecule has 37 heavy (non-hydrogen) atoms. The zero-order chi connectivity index (χ0) is 24.2. The molecule has 8 rings (SSSR count). The summed E-state index contributed by atoms with van der Waals surface area (Å²) in [6.45, 7) is 1.97. The van der Waals surface area contributed by atoms with Crippen LogP contribution in [0.3, 0.4) is 0 Å². The van der Waals surface area contributed by atoms with E-state index in [2.05, 4.69) is 16.3 Å². The fourth-order valence-electron chi connectivity index (χ4n) is 7.98. The number of phenols is 1. The van der Waals surface area contributed by atoms with E-state index in [1.165, 1.54) is 18.4 Å². The van der Waals surface area contributed by atoms with Crippen molar-refractivity contribution in [2.45, 2.75) is 67.7 Å². The normalized spacial score (nSPS) is 33.4. The van der Waals surface area contributed by atoms with Crippen molar-refractivity contribution in [1.82, 2.24) is 10.2 Å². The van der Waals surface area contributed by atoms with E-state index in [9.17, 15) is 15.0 Å². The molecule has 0 radical (unpaired) electrons. The van der Waals surface area contributed by atoms with Crippen molar-refractivity contribution in [2.75, 3.05) is 13.1 Å². The van der Waals surface area contributed by atoms with Gasteiger partial charge in [-0.2, -0.15) is 0 Å². The number of phenolic OH excluding ortho intramolecular Hbond substituents is 1. The van der Waals surface area contributed by atoms with Gasteiger partial charge in [-0.05, 0) is 91.6 Å². The lowest BCUT2D eigenvalue weighted by Crippen LogP contribution is -2.78. The largest absolute Gasteiger partial charge is 0.504 e. The van der Waals surface area contributed by atoms with Gasteiger partial charge < -0.3 is 20.3 Å². The Morgan fingerprint density at radius 3 is 2.86 bits per heavy atom. The third-order valence-electron chi connectivity index (χ3n) is 9.80. The molecule has 2 saturated carbocycles. The van der Waals surface area contributed by atoms with E-state index in [4.69, 9.17) is 4.74 Å². The number of likely N-dealkylation sites (tertiary alicyclic amines) is 1. The predicted octanol–water partition coefficient (Wildman–Crippen LogP) is 4.39. The number of piperidine rings is 1. The molecule has 194 valence electrons. The number of aliphatic hydroxyl groups is 1. The van der Waals surface area contributed by atoms with Gasteiger partial charge in [0, 0.05) is 28.4 Å². The third-order valence-corrected chi connectivity index (χ3v) is 10.7. The minimum atomic E-state index is -0.937. The van der Waals surface area contributed by atoms with Crippen LogP contribution in [0.1, 0.15) is 53.6 Å². The molecule has 3 aromatic rings. The quantitative estimate of drug-likeness (QED) is 0.459. The number of nitrogens with one attached hydrogen (secondary N) is 1. The number of thiophene rings is 1. The lowest BCUT2D eigenvalue weighted by molar-refractivity contribution is -0.191. The Balaban J connectivity index is 0.00000231. The average Bonchev–Trinajstić information content (AvgIpc) is 3.42. The minimum absolute atomic E-state index is 0. The second kappa shape index (κ2) is 8.09. The molecule has 1 saturated heterocycles. The number of hydrogen-bond donors (Lipinski definition) is 3. The van der Waals surface area contributed by atoms with Gasteiger partial charge >= 0.3 is 0 Å². The first-order chi connectivity index (χ1) is 17.5. The highest BCUT2D eigenvalue weighted by molar-refractivity contribution is 7.17. The van der Waals surface area contributed by atoms with Gasteiger partial charge in [0.25, 0.3) is 5.91 Å². The first-order valence-corrected chi connectivity index (χ1v) is 14.1. The van der Waals surface area contributed by atoms with Gasteiger partial charge in [0.2, 0.25) is 0 Å². The number of benzene rings is 2. The number of rotatable bonds is 4. The molecule has 3 fully saturated rings. The number of ether oxygens (including phenoxy) is 1. The number of halogens is 1. The molecule has 2 aliphatic heterocycles. The molecule has 6 nitrogen and oxygen atoms in total. The van der Waals surface area contributed by atoms with Crippen LogP contribution in [0.2, 0.25) is 0 Å². The molecule has 8 heteroatoms. The van der Waals surface area contributed by atoms with Gasteiger partial charge in [-0.3, -0.25) is 9.69 Å². The average molecular weight is 539 g/mol. The van der Waals surface area contributed by atoms with E-state index < -0.39 is 17.1 Å². The van der Waals surface area contributed by atoms with Crippen molar-refractivity contribution < 1.29 is 19.7 Å². The summed E-state index contributed by atoms with van der Waals surface area (Å²) in [5.41, 5.74) is 1.26. The van der Waals surface area contributed by atoms with E-state index in [0.29, 0.717) is 24.2 Å². The summed E-state index contributed by atoms with van der Waals surface area (Å²) in [6.07, 6.45) is 4.99. The molecule has 5 atom stereocenters. The fourth-order valence-corrected chi connectivity index (χ4v) is 8.81. The molecule has 1 amide bonds. The minimum Gasteiger partial charge on any atom is -0.504 e. The lowest BCUT2D eigenvalue weighted by Gasteiger charge is -2.64. The zero-order valence-electron chi connectivity index (χ0n) is 20.5. The number of nitrogens with zero attached hydrogens (tertiary/aromatic N) is 1. The number of carbonyl (C=O) groups is 1. The summed E-state index contributed by atoms with van der Waals surface area (Å²) in [5.74, 6) is 1.30. The van der Waals surface area contributed by atoms with Crippen molar-refractivity contribution in [1.29, 1.82) is 0 Å². The number of hydrogen-bond acceptors (Lipinski definition) is 6. The van der Waals surface area contributed by atoms with Gasteiger partial charge in [-0.25, -0.2) is 0 Å². The van der Waals surface area contributed by atoms with E-state index >= 15 is 0 Å². The second-order valence-corrected chi connectivity index (χ2v) is 12.5. The van der Waals surface area contributed by atoms with Crippen molar-refractivity contribution in [3.63, 3.8) is 0 Å². The van der Waals surface area contributed by atoms with Crippen LogP contribution in [0.4, 0.5) is 0 Å². The van der Waals surface area contributed by atoms with Crippen LogP contribution in [-0.2, 0) is 11.8 Å². The maximum atomic E-state index is 13.4. The maximum Gasteiger partial charge on any atom is 0.251 e. The summed E-state index contributed by atoms with van der Waals surface area (Å²) in [6, 6.07) is 11.4. The van der Waals surface area contributed by atoms with E-state index in [-0.39, 0.29) is 36.1 Å². The Kier molecular flexibility index (Phi) is 5.20. The SMILES string of the molecule is Cl.O=C(N[C@H]1CC[C@@]2(O)[C@H]3Cc4ccc(O)c5c4[C@@]2(CCN3CC2CC2)[C@H]1O5)c1ccc2ccsc2c1. The summed E-state index contributed by atoms with van der Waals surface area (Å²) in [7, 11) is 0. The summed E-state index contributed by atoms with van der Waals surface area (Å²) < 4.78 is 7.66. The Labute approximate surface area is 226 Å². The summed E-state index contributed by atoms with van der Waals surface area (Å²) in [5, 5.41) is 29.8. The molecule has 3 heterocycles. The molecule has 3 N–H and O–H groups in total. The monoisotopic (exact) mass is 538 g/mol. The predicted molar refractivity (Wildman–Crippen MR) is 145 cm³/mol. The van der Waals surface area contributed by atoms with Crippen molar-refractivity contribution >= 4 is 39.7 Å². The molecular weight excluding hydrogens is 508 g/mol.